The molecule has 0 amide bonds. The van der Waals surface area contributed by atoms with Crippen LogP contribution in [-0.2, 0) is 15.3 Å². The molecular formula is C15H23ClO2. The fourth-order valence-electron chi connectivity index (χ4n) is 2.70. The van der Waals surface area contributed by atoms with Gasteiger partial charge < -0.3 is 9.47 Å². The molecule has 1 aromatic rings. The summed E-state index contributed by atoms with van der Waals surface area (Å²) < 4.78 is 11.4. The van der Waals surface area contributed by atoms with Gasteiger partial charge in [0.15, 0.2) is 5.79 Å². The number of halogens is 1. The van der Waals surface area contributed by atoms with Gasteiger partial charge in [-0.1, -0.05) is 17.7 Å². The van der Waals surface area contributed by atoms with Crippen molar-refractivity contribution < 1.29 is 9.47 Å². The van der Waals surface area contributed by atoms with Crippen LogP contribution in [0.25, 0.3) is 0 Å². The van der Waals surface area contributed by atoms with Crippen molar-refractivity contribution in [3.63, 3.8) is 0 Å². The van der Waals surface area contributed by atoms with Gasteiger partial charge >= 0.3 is 0 Å². The van der Waals surface area contributed by atoms with Crippen LogP contribution in [0.2, 0.25) is 0 Å². The predicted molar refractivity (Wildman–Crippen MR) is 76.3 cm³/mol. The number of hydrogen-bond acceptors (Lipinski definition) is 2. The van der Waals surface area contributed by atoms with Crippen molar-refractivity contribution in [3.8, 4) is 0 Å². The van der Waals surface area contributed by atoms with Crippen LogP contribution in [0, 0.1) is 20.8 Å². The molecule has 1 rings (SSSR count). The molecule has 2 nitrogen and oxygen atoms in total. The summed E-state index contributed by atoms with van der Waals surface area (Å²) in [6.07, 6.45) is 1.62. The van der Waals surface area contributed by atoms with E-state index in [-0.39, 0.29) is 0 Å². The zero-order chi connectivity index (χ0) is 13.8. The normalized spacial score (nSPS) is 11.9. The van der Waals surface area contributed by atoms with Gasteiger partial charge in [0, 0.05) is 32.1 Å². The topological polar surface area (TPSA) is 18.5 Å². The maximum Gasteiger partial charge on any atom is 0.194 e. The Labute approximate surface area is 115 Å². The average molecular weight is 271 g/mol. The highest BCUT2D eigenvalue weighted by Gasteiger charge is 2.34. The molecule has 0 fully saturated rings. The Morgan fingerprint density at radius 2 is 1.56 bits per heavy atom. The zero-order valence-electron chi connectivity index (χ0n) is 12.0. The van der Waals surface area contributed by atoms with Crippen molar-refractivity contribution >= 4 is 11.6 Å². The number of hydrogen-bond donors (Lipinski definition) is 0. The maximum atomic E-state index is 5.80. The summed E-state index contributed by atoms with van der Waals surface area (Å²) in [7, 11) is 3.38. The van der Waals surface area contributed by atoms with Gasteiger partial charge in [-0.05, 0) is 38.3 Å². The van der Waals surface area contributed by atoms with E-state index < -0.39 is 5.79 Å². The third-order valence-electron chi connectivity index (χ3n) is 3.36. The molecule has 0 unspecified atom stereocenters. The minimum Gasteiger partial charge on any atom is -0.349 e. The standard InChI is InChI=1S/C15H23ClO2/c1-11-9-12(2)14(13(3)10-11)15(17-4,18-5)7-6-8-16/h9-10H,6-8H2,1-5H3. The SMILES string of the molecule is COC(CCCCl)(OC)c1c(C)cc(C)cc1C. The molecule has 0 heterocycles. The fourth-order valence-corrected chi connectivity index (χ4v) is 2.83. The second-order valence-corrected chi connectivity index (χ2v) is 5.11. The first-order valence-corrected chi connectivity index (χ1v) is 6.78. The molecule has 0 saturated carbocycles. The van der Waals surface area contributed by atoms with Gasteiger partial charge in [-0.25, -0.2) is 0 Å². The van der Waals surface area contributed by atoms with Gasteiger partial charge in [0.25, 0.3) is 0 Å². The molecule has 0 spiro atoms. The summed E-state index contributed by atoms with van der Waals surface area (Å²) in [5.74, 6) is -0.0742. The Morgan fingerprint density at radius 3 is 1.94 bits per heavy atom. The molecule has 102 valence electrons. The van der Waals surface area contributed by atoms with E-state index in [0.29, 0.717) is 5.88 Å². The summed E-state index contributed by atoms with van der Waals surface area (Å²) in [5.41, 5.74) is 4.78. The Morgan fingerprint density at radius 1 is 1.06 bits per heavy atom. The maximum absolute atomic E-state index is 5.80. The van der Waals surface area contributed by atoms with E-state index in [4.69, 9.17) is 21.1 Å². The first kappa shape index (κ1) is 15.5. The Balaban J connectivity index is 3.28. The first-order chi connectivity index (χ1) is 8.50. The second-order valence-electron chi connectivity index (χ2n) is 4.73. The molecule has 0 aliphatic heterocycles. The number of methoxy groups -OCH3 is 2. The molecule has 0 bridgehead atoms. The van der Waals surface area contributed by atoms with E-state index in [2.05, 4.69) is 32.9 Å². The minimum atomic E-state index is -0.684. The van der Waals surface area contributed by atoms with Gasteiger partial charge in [-0.3, -0.25) is 0 Å². The Hall–Kier alpha value is -0.570. The van der Waals surface area contributed by atoms with E-state index in [1.807, 2.05) is 0 Å². The molecule has 1 aromatic carbocycles. The molecule has 18 heavy (non-hydrogen) atoms. The van der Waals surface area contributed by atoms with Gasteiger partial charge in [0.05, 0.1) is 0 Å². The summed E-state index contributed by atoms with van der Waals surface area (Å²) in [5, 5.41) is 0. The summed E-state index contributed by atoms with van der Waals surface area (Å²) in [4.78, 5) is 0. The van der Waals surface area contributed by atoms with Crippen molar-refractivity contribution in [1.29, 1.82) is 0 Å². The molecule has 0 saturated heterocycles. The van der Waals surface area contributed by atoms with Crippen molar-refractivity contribution in [2.45, 2.75) is 39.4 Å². The highest BCUT2D eigenvalue weighted by molar-refractivity contribution is 6.17. The van der Waals surface area contributed by atoms with Crippen LogP contribution in [0.15, 0.2) is 12.1 Å². The molecule has 0 aromatic heterocycles. The number of aryl methyl sites for hydroxylation is 3. The summed E-state index contributed by atoms with van der Waals surface area (Å²) in [6.45, 7) is 6.30. The van der Waals surface area contributed by atoms with E-state index in [9.17, 15) is 0 Å². The highest BCUT2D eigenvalue weighted by Crippen LogP contribution is 2.36. The van der Waals surface area contributed by atoms with Crippen LogP contribution < -0.4 is 0 Å². The van der Waals surface area contributed by atoms with Gasteiger partial charge in [0.1, 0.15) is 0 Å². The van der Waals surface area contributed by atoms with Crippen molar-refractivity contribution in [2.24, 2.45) is 0 Å². The predicted octanol–water partition coefficient (Wildman–Crippen LogP) is 4.08. The molecule has 0 radical (unpaired) electrons. The average Bonchev–Trinajstić information content (AvgIpc) is 2.32. The lowest BCUT2D eigenvalue weighted by Gasteiger charge is -2.34. The van der Waals surface area contributed by atoms with Crippen LogP contribution in [0.4, 0.5) is 0 Å². The largest absolute Gasteiger partial charge is 0.349 e. The molecule has 0 atom stereocenters. The van der Waals surface area contributed by atoms with E-state index in [1.54, 1.807) is 14.2 Å². The lowest BCUT2D eigenvalue weighted by atomic mass is 9.90. The van der Waals surface area contributed by atoms with Crippen LogP contribution >= 0.6 is 11.6 Å². The highest BCUT2D eigenvalue weighted by atomic mass is 35.5. The van der Waals surface area contributed by atoms with Crippen molar-refractivity contribution in [2.75, 3.05) is 20.1 Å². The van der Waals surface area contributed by atoms with Crippen LogP contribution in [0.3, 0.4) is 0 Å². The summed E-state index contributed by atoms with van der Waals surface area (Å²) >= 11 is 5.80. The molecular weight excluding hydrogens is 248 g/mol. The molecule has 0 aliphatic carbocycles. The van der Waals surface area contributed by atoms with Gasteiger partial charge in [-0.15, -0.1) is 11.6 Å². The molecule has 0 aliphatic rings. The molecule has 3 heteroatoms. The van der Waals surface area contributed by atoms with E-state index >= 15 is 0 Å². The first-order valence-electron chi connectivity index (χ1n) is 6.25. The monoisotopic (exact) mass is 270 g/mol. The third kappa shape index (κ3) is 3.05. The van der Waals surface area contributed by atoms with E-state index in [1.165, 1.54) is 16.7 Å². The third-order valence-corrected chi connectivity index (χ3v) is 3.62. The lowest BCUT2D eigenvalue weighted by Crippen LogP contribution is -2.33. The van der Waals surface area contributed by atoms with E-state index in [0.717, 1.165) is 18.4 Å². The van der Waals surface area contributed by atoms with Crippen molar-refractivity contribution in [3.05, 3.63) is 34.4 Å². The quantitative estimate of drug-likeness (QED) is 0.573. The molecule has 0 N–H and O–H groups in total. The minimum absolute atomic E-state index is 0.610. The van der Waals surface area contributed by atoms with Crippen LogP contribution in [0.5, 0.6) is 0 Å². The Kier molecular flexibility index (Phi) is 5.64. The van der Waals surface area contributed by atoms with Crippen LogP contribution in [-0.4, -0.2) is 20.1 Å². The van der Waals surface area contributed by atoms with Crippen LogP contribution in [0.1, 0.15) is 35.1 Å². The Bertz CT molecular complexity index is 374. The van der Waals surface area contributed by atoms with Crippen molar-refractivity contribution in [1.82, 2.24) is 0 Å². The number of rotatable bonds is 6. The summed E-state index contributed by atoms with van der Waals surface area (Å²) in [6, 6.07) is 4.33. The number of ether oxygens (including phenoxy) is 2. The van der Waals surface area contributed by atoms with Gasteiger partial charge in [0.2, 0.25) is 0 Å². The smallest absolute Gasteiger partial charge is 0.194 e. The van der Waals surface area contributed by atoms with Gasteiger partial charge in [-0.2, -0.15) is 0 Å². The second kappa shape index (κ2) is 6.55. The number of benzene rings is 1. The fraction of sp³-hybridized carbons (Fsp3) is 0.600. The lowest BCUT2D eigenvalue weighted by molar-refractivity contribution is -0.220. The zero-order valence-corrected chi connectivity index (χ0v) is 12.7. The number of alkyl halides is 1.